The third-order valence-electron chi connectivity index (χ3n) is 5.97. The van der Waals surface area contributed by atoms with Crippen LogP contribution in [0.15, 0.2) is 110 Å². The Hall–Kier alpha value is -4.44. The average Bonchev–Trinajstić information content (AvgIpc) is 2.89. The Balaban J connectivity index is 1.50. The molecule has 0 aliphatic heterocycles. The van der Waals surface area contributed by atoms with Crippen molar-refractivity contribution in [3.63, 3.8) is 0 Å². The molecule has 0 amide bonds. The molecule has 0 atom stereocenters. The summed E-state index contributed by atoms with van der Waals surface area (Å²) in [7, 11) is 0. The van der Waals surface area contributed by atoms with Gasteiger partial charge in [0, 0.05) is 23.5 Å². The monoisotopic (exact) mass is 424 g/mol. The van der Waals surface area contributed by atoms with Gasteiger partial charge < -0.3 is 0 Å². The Morgan fingerprint density at radius 3 is 1.45 bits per heavy atom. The van der Waals surface area contributed by atoms with Crippen molar-refractivity contribution in [3.8, 4) is 22.5 Å². The fourth-order valence-corrected chi connectivity index (χ4v) is 4.51. The molecule has 0 fully saturated rings. The van der Waals surface area contributed by atoms with Crippen LogP contribution in [0.2, 0.25) is 0 Å². The molecule has 4 aromatic carbocycles. The lowest BCUT2D eigenvalue weighted by Crippen LogP contribution is -1.94. The lowest BCUT2D eigenvalue weighted by atomic mass is 9.92. The van der Waals surface area contributed by atoms with Gasteiger partial charge in [-0.3, -0.25) is 0 Å². The standard InChI is InChI=1S/C29H20N4/c1-3-7-24-22(5-1)14-20(16-26(24)28-9-11-30-18-32-28)13-21-15-23-6-2-4-8-25(23)27(17-21)29-10-12-31-19-33-29/h1-12,14-19H,13H2. The number of rotatable bonds is 4. The van der Waals surface area contributed by atoms with Crippen LogP contribution in [0.3, 0.4) is 0 Å². The SMILES string of the molecule is c1ccc2c(-c3ccncn3)cc(Cc3cc(-c4ccncn4)c4ccccc4c3)cc2c1. The van der Waals surface area contributed by atoms with Gasteiger partial charge in [-0.15, -0.1) is 0 Å². The van der Waals surface area contributed by atoms with Crippen molar-refractivity contribution in [2.24, 2.45) is 0 Å². The molecule has 156 valence electrons. The normalized spacial score (nSPS) is 11.2. The smallest absolute Gasteiger partial charge is 0.116 e. The third-order valence-corrected chi connectivity index (χ3v) is 5.97. The van der Waals surface area contributed by atoms with Crippen LogP contribution in [0.1, 0.15) is 11.1 Å². The van der Waals surface area contributed by atoms with Crippen molar-refractivity contribution >= 4 is 21.5 Å². The second-order valence-electron chi connectivity index (χ2n) is 8.10. The molecule has 6 rings (SSSR count). The van der Waals surface area contributed by atoms with Crippen LogP contribution in [-0.2, 0) is 6.42 Å². The molecule has 0 bridgehead atoms. The highest BCUT2D eigenvalue weighted by Gasteiger charge is 2.11. The molecule has 33 heavy (non-hydrogen) atoms. The molecule has 0 saturated heterocycles. The number of aromatic nitrogens is 4. The molecule has 0 aliphatic carbocycles. The summed E-state index contributed by atoms with van der Waals surface area (Å²) in [5.41, 5.74) is 6.61. The molecule has 4 nitrogen and oxygen atoms in total. The lowest BCUT2D eigenvalue weighted by molar-refractivity contribution is 1.16. The van der Waals surface area contributed by atoms with Crippen LogP contribution >= 0.6 is 0 Å². The van der Waals surface area contributed by atoms with Gasteiger partial charge in [0.05, 0.1) is 11.4 Å². The van der Waals surface area contributed by atoms with E-state index in [2.05, 4.69) is 92.7 Å². The quantitative estimate of drug-likeness (QED) is 0.324. The predicted molar refractivity (Wildman–Crippen MR) is 133 cm³/mol. The van der Waals surface area contributed by atoms with E-state index in [1.165, 1.54) is 32.7 Å². The van der Waals surface area contributed by atoms with Crippen molar-refractivity contribution in [1.29, 1.82) is 0 Å². The molecule has 0 unspecified atom stereocenters. The van der Waals surface area contributed by atoms with E-state index in [1.807, 2.05) is 12.1 Å². The lowest BCUT2D eigenvalue weighted by Gasteiger charge is -2.13. The first-order valence-electron chi connectivity index (χ1n) is 10.9. The number of hydrogen-bond acceptors (Lipinski definition) is 4. The zero-order valence-corrected chi connectivity index (χ0v) is 17.9. The Morgan fingerprint density at radius 2 is 1.00 bits per heavy atom. The van der Waals surface area contributed by atoms with Gasteiger partial charge in [-0.05, 0) is 63.4 Å². The Bertz CT molecular complexity index is 1460. The summed E-state index contributed by atoms with van der Waals surface area (Å²) in [6.07, 6.45) is 7.61. The van der Waals surface area contributed by atoms with Crippen molar-refractivity contribution < 1.29 is 0 Å². The van der Waals surface area contributed by atoms with Gasteiger partial charge in [-0.2, -0.15) is 0 Å². The highest BCUT2D eigenvalue weighted by atomic mass is 14.8. The van der Waals surface area contributed by atoms with Gasteiger partial charge in [0.1, 0.15) is 12.7 Å². The number of nitrogens with zero attached hydrogens (tertiary/aromatic N) is 4. The maximum atomic E-state index is 4.52. The number of hydrogen-bond donors (Lipinski definition) is 0. The van der Waals surface area contributed by atoms with E-state index in [4.69, 9.17) is 0 Å². The molecule has 0 N–H and O–H groups in total. The van der Waals surface area contributed by atoms with E-state index < -0.39 is 0 Å². The maximum absolute atomic E-state index is 4.52. The van der Waals surface area contributed by atoms with Crippen LogP contribution in [0.5, 0.6) is 0 Å². The second kappa shape index (κ2) is 8.24. The van der Waals surface area contributed by atoms with Crippen LogP contribution in [-0.4, -0.2) is 19.9 Å². The first kappa shape index (κ1) is 19.3. The molecular formula is C29H20N4. The average molecular weight is 425 g/mol. The van der Waals surface area contributed by atoms with Crippen molar-refractivity contribution in [2.75, 3.05) is 0 Å². The Kier molecular flexibility index (Phi) is 4.81. The van der Waals surface area contributed by atoms with Crippen LogP contribution < -0.4 is 0 Å². The topological polar surface area (TPSA) is 51.6 Å². The third kappa shape index (κ3) is 3.72. The number of fused-ring (bicyclic) bond motifs is 2. The van der Waals surface area contributed by atoms with Crippen LogP contribution in [0.25, 0.3) is 44.1 Å². The Labute approximate surface area is 191 Å². The van der Waals surface area contributed by atoms with Gasteiger partial charge in [0.25, 0.3) is 0 Å². The molecular weight excluding hydrogens is 404 g/mol. The molecule has 4 heteroatoms. The largest absolute Gasteiger partial charge is 0.245 e. The van der Waals surface area contributed by atoms with Gasteiger partial charge in [-0.1, -0.05) is 60.7 Å². The minimum atomic E-state index is 0.811. The van der Waals surface area contributed by atoms with Gasteiger partial charge >= 0.3 is 0 Å². The van der Waals surface area contributed by atoms with E-state index >= 15 is 0 Å². The van der Waals surface area contributed by atoms with E-state index in [1.54, 1.807) is 25.0 Å². The molecule has 0 aliphatic rings. The summed E-state index contributed by atoms with van der Waals surface area (Å²) in [5, 5.41) is 4.81. The predicted octanol–water partition coefficient (Wildman–Crippen LogP) is 6.50. The van der Waals surface area contributed by atoms with Gasteiger partial charge in [-0.25, -0.2) is 19.9 Å². The molecule has 2 aromatic heterocycles. The van der Waals surface area contributed by atoms with Crippen LogP contribution in [0.4, 0.5) is 0 Å². The minimum Gasteiger partial charge on any atom is -0.245 e. The van der Waals surface area contributed by atoms with Crippen molar-refractivity contribution in [1.82, 2.24) is 19.9 Å². The van der Waals surface area contributed by atoms with Crippen molar-refractivity contribution in [3.05, 3.63) is 121 Å². The second-order valence-corrected chi connectivity index (χ2v) is 8.10. The summed E-state index contributed by atoms with van der Waals surface area (Å²) >= 11 is 0. The first-order valence-corrected chi connectivity index (χ1v) is 10.9. The summed E-state index contributed by atoms with van der Waals surface area (Å²) in [5.74, 6) is 0. The molecule has 6 aromatic rings. The summed E-state index contributed by atoms with van der Waals surface area (Å²) in [6, 6.07) is 29.9. The molecule has 0 saturated carbocycles. The first-order chi connectivity index (χ1) is 16.3. The van der Waals surface area contributed by atoms with E-state index in [0.717, 1.165) is 28.9 Å². The Morgan fingerprint density at radius 1 is 0.515 bits per heavy atom. The molecule has 0 radical (unpaired) electrons. The van der Waals surface area contributed by atoms with E-state index in [0.29, 0.717) is 0 Å². The fraction of sp³-hybridized carbons (Fsp3) is 0.0345. The summed E-state index contributed by atoms with van der Waals surface area (Å²) < 4.78 is 0. The number of benzene rings is 4. The minimum absolute atomic E-state index is 0.811. The van der Waals surface area contributed by atoms with Gasteiger partial charge in [0.2, 0.25) is 0 Å². The van der Waals surface area contributed by atoms with Gasteiger partial charge in [0.15, 0.2) is 0 Å². The highest BCUT2D eigenvalue weighted by Crippen LogP contribution is 2.32. The molecule has 0 spiro atoms. The summed E-state index contributed by atoms with van der Waals surface area (Å²) in [6.45, 7) is 0. The zero-order chi connectivity index (χ0) is 22.0. The fourth-order valence-electron chi connectivity index (χ4n) is 4.51. The maximum Gasteiger partial charge on any atom is 0.116 e. The molecule has 2 heterocycles. The van der Waals surface area contributed by atoms with Crippen LogP contribution in [0, 0.1) is 0 Å². The van der Waals surface area contributed by atoms with Crippen molar-refractivity contribution in [2.45, 2.75) is 6.42 Å². The van der Waals surface area contributed by atoms with E-state index in [-0.39, 0.29) is 0 Å². The van der Waals surface area contributed by atoms with E-state index in [9.17, 15) is 0 Å². The zero-order valence-electron chi connectivity index (χ0n) is 17.9. The highest BCUT2D eigenvalue weighted by molar-refractivity contribution is 5.98. The summed E-state index contributed by atoms with van der Waals surface area (Å²) in [4.78, 5) is 17.2.